The highest BCUT2D eigenvalue weighted by Gasteiger charge is 2.40. The van der Waals surface area contributed by atoms with Crippen molar-refractivity contribution in [2.24, 2.45) is 11.5 Å². The average molecular weight is 380 g/mol. The Morgan fingerprint density at radius 1 is 1.37 bits per heavy atom. The van der Waals surface area contributed by atoms with Crippen LogP contribution in [0.15, 0.2) is 12.5 Å². The van der Waals surface area contributed by atoms with E-state index in [2.05, 4.69) is 15.3 Å². The number of rotatable bonds is 10. The molecule has 1 aliphatic heterocycles. The molecule has 150 valence electrons. The molecule has 1 aromatic heterocycles. The molecule has 7 N–H and O–H groups in total. The molecule has 0 spiro atoms. The third-order valence-electron chi connectivity index (χ3n) is 4.66. The number of imide groups is 1. The topological polar surface area (TPSA) is 167 Å². The smallest absolute Gasteiger partial charge is 0.326 e. The van der Waals surface area contributed by atoms with Crippen molar-refractivity contribution >= 4 is 17.8 Å². The number of aliphatic carboxylic acids is 1. The standard InChI is InChI=1S/C17H28N6O4/c18-6-2-1-5-14(17(26)27)23(16(25)13-4-3-7-21-13)15(24)12(19)8-11-9-20-10-22-11/h9-10,12-14,21H,1-8,18-19H2,(H,20,22)(H,26,27). The zero-order chi connectivity index (χ0) is 19.8. The van der Waals surface area contributed by atoms with Crippen LogP contribution in [0.2, 0.25) is 0 Å². The van der Waals surface area contributed by atoms with Gasteiger partial charge in [0.25, 0.3) is 0 Å². The molecular weight excluding hydrogens is 352 g/mol. The summed E-state index contributed by atoms with van der Waals surface area (Å²) in [7, 11) is 0. The number of imidazole rings is 1. The van der Waals surface area contributed by atoms with Crippen molar-refractivity contribution in [2.45, 2.75) is 56.7 Å². The summed E-state index contributed by atoms with van der Waals surface area (Å²) in [5.74, 6) is -2.45. The highest BCUT2D eigenvalue weighted by atomic mass is 16.4. The van der Waals surface area contributed by atoms with E-state index in [1.807, 2.05) is 0 Å². The molecule has 0 aliphatic carbocycles. The Morgan fingerprint density at radius 3 is 2.70 bits per heavy atom. The lowest BCUT2D eigenvalue weighted by atomic mass is 10.0. The monoisotopic (exact) mass is 380 g/mol. The lowest BCUT2D eigenvalue weighted by Gasteiger charge is -2.31. The lowest BCUT2D eigenvalue weighted by molar-refractivity contribution is -0.159. The molecule has 2 amide bonds. The molecule has 2 rings (SSSR count). The normalized spacial score (nSPS) is 18.8. The Balaban J connectivity index is 2.21. The molecule has 10 nitrogen and oxygen atoms in total. The quantitative estimate of drug-likeness (QED) is 0.321. The molecular formula is C17H28N6O4. The molecule has 1 fully saturated rings. The number of nitrogens with two attached hydrogens (primary N) is 2. The summed E-state index contributed by atoms with van der Waals surface area (Å²) in [6.07, 6.45) is 5.79. The Hall–Kier alpha value is -2.30. The van der Waals surface area contributed by atoms with E-state index in [0.717, 1.165) is 11.3 Å². The van der Waals surface area contributed by atoms with Crippen molar-refractivity contribution in [3.63, 3.8) is 0 Å². The summed E-state index contributed by atoms with van der Waals surface area (Å²) < 4.78 is 0. The molecule has 3 atom stereocenters. The summed E-state index contributed by atoms with van der Waals surface area (Å²) in [5, 5.41) is 12.7. The van der Waals surface area contributed by atoms with Crippen LogP contribution in [0, 0.1) is 0 Å². The van der Waals surface area contributed by atoms with Gasteiger partial charge in [0.05, 0.1) is 24.1 Å². The fourth-order valence-electron chi connectivity index (χ4n) is 3.22. The molecule has 0 saturated carbocycles. The molecule has 27 heavy (non-hydrogen) atoms. The highest BCUT2D eigenvalue weighted by Crippen LogP contribution is 2.17. The van der Waals surface area contributed by atoms with E-state index in [-0.39, 0.29) is 12.8 Å². The van der Waals surface area contributed by atoms with Crippen LogP contribution in [0.5, 0.6) is 0 Å². The van der Waals surface area contributed by atoms with Crippen LogP contribution in [-0.4, -0.2) is 69.0 Å². The van der Waals surface area contributed by atoms with Crippen LogP contribution in [0.1, 0.15) is 37.8 Å². The van der Waals surface area contributed by atoms with Gasteiger partial charge in [0.15, 0.2) is 0 Å². The molecule has 1 saturated heterocycles. The number of hydrogen-bond donors (Lipinski definition) is 5. The summed E-state index contributed by atoms with van der Waals surface area (Å²) in [6.45, 7) is 1.07. The van der Waals surface area contributed by atoms with Crippen molar-refractivity contribution in [3.8, 4) is 0 Å². The van der Waals surface area contributed by atoms with Gasteiger partial charge in [0.2, 0.25) is 11.8 Å². The number of nitrogens with one attached hydrogen (secondary N) is 2. The van der Waals surface area contributed by atoms with Gasteiger partial charge in [-0.15, -0.1) is 0 Å². The van der Waals surface area contributed by atoms with Gasteiger partial charge in [-0.05, 0) is 45.2 Å². The number of carbonyl (C=O) groups is 3. The Bertz CT molecular complexity index is 629. The maximum Gasteiger partial charge on any atom is 0.326 e. The number of carbonyl (C=O) groups excluding carboxylic acids is 2. The molecule has 3 unspecified atom stereocenters. The van der Waals surface area contributed by atoms with Gasteiger partial charge < -0.3 is 26.9 Å². The first-order valence-electron chi connectivity index (χ1n) is 9.22. The highest BCUT2D eigenvalue weighted by molar-refractivity contribution is 6.03. The fraction of sp³-hybridized carbons (Fsp3) is 0.647. The fourth-order valence-corrected chi connectivity index (χ4v) is 3.22. The van der Waals surface area contributed by atoms with E-state index in [9.17, 15) is 19.5 Å². The molecule has 0 aromatic carbocycles. The number of carboxylic acids is 1. The molecule has 2 heterocycles. The van der Waals surface area contributed by atoms with Crippen molar-refractivity contribution in [1.29, 1.82) is 0 Å². The van der Waals surface area contributed by atoms with Crippen LogP contribution >= 0.6 is 0 Å². The number of unbranched alkanes of at least 4 members (excludes halogenated alkanes) is 1. The van der Waals surface area contributed by atoms with Crippen molar-refractivity contribution in [1.82, 2.24) is 20.2 Å². The largest absolute Gasteiger partial charge is 0.480 e. The van der Waals surface area contributed by atoms with Gasteiger partial charge in [0.1, 0.15) is 6.04 Å². The SMILES string of the molecule is NCCCCC(C(=O)O)N(C(=O)C(N)Cc1c[nH]cn1)C(=O)C1CCCN1. The second kappa shape index (κ2) is 10.1. The number of nitrogens with zero attached hydrogens (tertiary/aromatic N) is 2. The number of carboxylic acid groups (broad SMARTS) is 1. The van der Waals surface area contributed by atoms with E-state index in [1.54, 1.807) is 6.20 Å². The van der Waals surface area contributed by atoms with E-state index < -0.39 is 35.9 Å². The van der Waals surface area contributed by atoms with E-state index >= 15 is 0 Å². The summed E-state index contributed by atoms with van der Waals surface area (Å²) >= 11 is 0. The predicted molar refractivity (Wildman–Crippen MR) is 97.5 cm³/mol. The second-order valence-electron chi connectivity index (χ2n) is 6.71. The lowest BCUT2D eigenvalue weighted by Crippen LogP contribution is -2.58. The summed E-state index contributed by atoms with van der Waals surface area (Å²) in [5.41, 5.74) is 12.1. The van der Waals surface area contributed by atoms with Gasteiger partial charge in [-0.25, -0.2) is 9.78 Å². The number of H-pyrrole nitrogens is 1. The number of aromatic amines is 1. The Labute approximate surface area is 157 Å². The van der Waals surface area contributed by atoms with Crippen LogP contribution in [0.4, 0.5) is 0 Å². The van der Waals surface area contributed by atoms with Gasteiger partial charge in [0, 0.05) is 12.6 Å². The Morgan fingerprint density at radius 2 is 2.15 bits per heavy atom. The first-order valence-corrected chi connectivity index (χ1v) is 9.22. The van der Waals surface area contributed by atoms with Crippen molar-refractivity contribution in [3.05, 3.63) is 18.2 Å². The first kappa shape index (κ1) is 21.0. The molecule has 0 radical (unpaired) electrons. The molecule has 0 bridgehead atoms. The Kier molecular flexibility index (Phi) is 7.89. The van der Waals surface area contributed by atoms with E-state index in [0.29, 0.717) is 38.0 Å². The first-order chi connectivity index (χ1) is 13.0. The van der Waals surface area contributed by atoms with E-state index in [1.165, 1.54) is 6.33 Å². The zero-order valence-corrected chi connectivity index (χ0v) is 15.3. The minimum atomic E-state index is -1.26. The van der Waals surface area contributed by atoms with Gasteiger partial charge in [-0.1, -0.05) is 0 Å². The number of hydrogen-bond acceptors (Lipinski definition) is 7. The van der Waals surface area contributed by atoms with Crippen LogP contribution < -0.4 is 16.8 Å². The van der Waals surface area contributed by atoms with Crippen LogP contribution in [-0.2, 0) is 20.8 Å². The average Bonchev–Trinajstić information content (AvgIpc) is 3.34. The maximum atomic E-state index is 13.0. The molecule has 10 heteroatoms. The number of amides is 2. The third-order valence-corrected chi connectivity index (χ3v) is 4.66. The van der Waals surface area contributed by atoms with Crippen molar-refractivity contribution in [2.75, 3.05) is 13.1 Å². The number of aromatic nitrogens is 2. The zero-order valence-electron chi connectivity index (χ0n) is 15.3. The van der Waals surface area contributed by atoms with Crippen LogP contribution in [0.25, 0.3) is 0 Å². The predicted octanol–water partition coefficient (Wildman–Crippen LogP) is -1.03. The minimum absolute atomic E-state index is 0.110. The summed E-state index contributed by atoms with van der Waals surface area (Å²) in [6, 6.07) is -2.89. The van der Waals surface area contributed by atoms with Crippen LogP contribution in [0.3, 0.4) is 0 Å². The molecule has 1 aliphatic rings. The van der Waals surface area contributed by atoms with Crippen molar-refractivity contribution < 1.29 is 19.5 Å². The van der Waals surface area contributed by atoms with Gasteiger partial charge in [-0.3, -0.25) is 14.5 Å². The van der Waals surface area contributed by atoms with Gasteiger partial charge in [-0.2, -0.15) is 0 Å². The van der Waals surface area contributed by atoms with E-state index in [4.69, 9.17) is 11.5 Å². The molecule has 1 aromatic rings. The summed E-state index contributed by atoms with van der Waals surface area (Å²) in [4.78, 5) is 45.4. The maximum absolute atomic E-state index is 13.0. The third kappa shape index (κ3) is 5.59. The van der Waals surface area contributed by atoms with Gasteiger partial charge >= 0.3 is 5.97 Å². The minimum Gasteiger partial charge on any atom is -0.480 e. The second-order valence-corrected chi connectivity index (χ2v) is 6.71.